The Morgan fingerprint density at radius 2 is 1.85 bits per heavy atom. The lowest BCUT2D eigenvalue weighted by Crippen LogP contribution is -2.43. The largest absolute Gasteiger partial charge is 0.470 e. The van der Waals surface area contributed by atoms with Crippen LogP contribution < -0.4 is 10.1 Å². The number of carbonyl (C=O) groups is 1. The van der Waals surface area contributed by atoms with Crippen LogP contribution in [0, 0.1) is 0 Å². The molecule has 2 aromatic carbocycles. The van der Waals surface area contributed by atoms with Crippen molar-refractivity contribution in [2.45, 2.75) is 19.1 Å². The second-order valence-corrected chi connectivity index (χ2v) is 5.11. The van der Waals surface area contributed by atoms with Gasteiger partial charge in [0.2, 0.25) is 0 Å². The zero-order valence-corrected chi connectivity index (χ0v) is 11.6. The molecular weight excluding hydrogens is 274 g/mol. The first-order chi connectivity index (χ1) is 9.74. The molecule has 102 valence electrons. The molecular formula is C16H14ClNO2. The maximum absolute atomic E-state index is 12.0. The molecule has 3 nitrogen and oxygen atoms in total. The van der Waals surface area contributed by atoms with Crippen molar-refractivity contribution in [3.05, 3.63) is 64.7 Å². The number of rotatable bonds is 3. The van der Waals surface area contributed by atoms with E-state index < -0.39 is 0 Å². The van der Waals surface area contributed by atoms with Gasteiger partial charge in [0.05, 0.1) is 5.56 Å². The highest BCUT2D eigenvalue weighted by molar-refractivity contribution is 6.31. The van der Waals surface area contributed by atoms with Crippen molar-refractivity contribution in [2.75, 3.05) is 0 Å². The van der Waals surface area contributed by atoms with Crippen molar-refractivity contribution in [1.29, 1.82) is 0 Å². The molecule has 0 aliphatic carbocycles. The molecule has 1 heterocycles. The molecule has 1 N–H and O–H groups in total. The summed E-state index contributed by atoms with van der Waals surface area (Å²) in [7, 11) is 0. The van der Waals surface area contributed by atoms with Gasteiger partial charge in [-0.3, -0.25) is 4.79 Å². The van der Waals surface area contributed by atoms with E-state index in [4.69, 9.17) is 16.3 Å². The van der Waals surface area contributed by atoms with Gasteiger partial charge in [-0.1, -0.05) is 41.9 Å². The standard InChI is InChI=1S/C16H14ClNO2/c17-13-7-3-1-5-11(13)9-10-15-18-16(19)12-6-2-4-8-14(12)20-15/h1-8,15H,9-10H2,(H,18,19). The monoisotopic (exact) mass is 287 g/mol. The van der Waals surface area contributed by atoms with Crippen molar-refractivity contribution in [3.63, 3.8) is 0 Å². The first-order valence-electron chi connectivity index (χ1n) is 6.54. The van der Waals surface area contributed by atoms with E-state index in [2.05, 4.69) is 5.32 Å². The number of carbonyl (C=O) groups excluding carboxylic acids is 1. The van der Waals surface area contributed by atoms with Crippen LogP contribution in [0.4, 0.5) is 0 Å². The number of fused-ring (bicyclic) bond motifs is 1. The van der Waals surface area contributed by atoms with E-state index in [0.717, 1.165) is 17.0 Å². The summed E-state index contributed by atoms with van der Waals surface area (Å²) in [6.45, 7) is 0. The van der Waals surface area contributed by atoms with Gasteiger partial charge in [0.25, 0.3) is 5.91 Å². The number of halogens is 1. The van der Waals surface area contributed by atoms with Crippen LogP contribution in [0.5, 0.6) is 5.75 Å². The predicted octanol–water partition coefficient (Wildman–Crippen LogP) is 3.42. The van der Waals surface area contributed by atoms with E-state index in [0.29, 0.717) is 17.7 Å². The van der Waals surface area contributed by atoms with Gasteiger partial charge in [-0.05, 0) is 30.2 Å². The molecule has 0 spiro atoms. The van der Waals surface area contributed by atoms with E-state index in [1.54, 1.807) is 6.07 Å². The number of aryl methyl sites for hydroxylation is 1. The molecule has 1 amide bonds. The smallest absolute Gasteiger partial charge is 0.257 e. The molecule has 0 aromatic heterocycles. The lowest BCUT2D eigenvalue weighted by molar-refractivity contribution is 0.0741. The topological polar surface area (TPSA) is 38.3 Å². The van der Waals surface area contributed by atoms with Crippen LogP contribution in [0.2, 0.25) is 5.02 Å². The Morgan fingerprint density at radius 3 is 2.70 bits per heavy atom. The maximum Gasteiger partial charge on any atom is 0.257 e. The van der Waals surface area contributed by atoms with E-state index in [1.807, 2.05) is 42.5 Å². The Bertz CT molecular complexity index is 642. The Kier molecular flexibility index (Phi) is 3.61. The number of hydrogen-bond donors (Lipinski definition) is 1. The zero-order chi connectivity index (χ0) is 13.9. The fourth-order valence-corrected chi connectivity index (χ4v) is 2.51. The van der Waals surface area contributed by atoms with Gasteiger partial charge in [-0.2, -0.15) is 0 Å². The Hall–Kier alpha value is -2.00. The van der Waals surface area contributed by atoms with Gasteiger partial charge < -0.3 is 10.1 Å². The Balaban J connectivity index is 1.69. The summed E-state index contributed by atoms with van der Waals surface area (Å²) >= 11 is 6.12. The molecule has 4 heteroatoms. The molecule has 2 aromatic rings. The molecule has 0 saturated heterocycles. The predicted molar refractivity (Wildman–Crippen MR) is 78.1 cm³/mol. The first kappa shape index (κ1) is 13.0. The summed E-state index contributed by atoms with van der Waals surface area (Å²) in [6.07, 6.45) is 1.13. The third kappa shape index (κ3) is 2.63. The SMILES string of the molecule is O=C1NC(CCc2ccccc2Cl)Oc2ccccc21. The average Bonchev–Trinajstić information content (AvgIpc) is 2.46. The Morgan fingerprint density at radius 1 is 1.10 bits per heavy atom. The van der Waals surface area contributed by atoms with E-state index >= 15 is 0 Å². The van der Waals surface area contributed by atoms with Crippen LogP contribution in [0.15, 0.2) is 48.5 Å². The molecule has 1 unspecified atom stereocenters. The van der Waals surface area contributed by atoms with Crippen LogP contribution in [0.3, 0.4) is 0 Å². The van der Waals surface area contributed by atoms with Crippen molar-refractivity contribution in [1.82, 2.24) is 5.32 Å². The van der Waals surface area contributed by atoms with Crippen molar-refractivity contribution in [2.24, 2.45) is 0 Å². The van der Waals surface area contributed by atoms with Gasteiger partial charge >= 0.3 is 0 Å². The van der Waals surface area contributed by atoms with Gasteiger partial charge in [0, 0.05) is 11.4 Å². The normalized spacial score (nSPS) is 17.1. The second-order valence-electron chi connectivity index (χ2n) is 4.71. The number of nitrogens with one attached hydrogen (secondary N) is 1. The van der Waals surface area contributed by atoms with Gasteiger partial charge in [-0.15, -0.1) is 0 Å². The number of ether oxygens (including phenoxy) is 1. The summed E-state index contributed by atoms with van der Waals surface area (Å²) in [5, 5.41) is 3.60. The van der Waals surface area contributed by atoms with Gasteiger partial charge in [0.15, 0.2) is 6.23 Å². The molecule has 0 fully saturated rings. The molecule has 0 saturated carbocycles. The van der Waals surface area contributed by atoms with Gasteiger partial charge in [-0.25, -0.2) is 0 Å². The van der Waals surface area contributed by atoms with E-state index in [1.165, 1.54) is 0 Å². The number of para-hydroxylation sites is 1. The zero-order valence-electron chi connectivity index (χ0n) is 10.8. The summed E-state index contributed by atoms with van der Waals surface area (Å²) in [5.74, 6) is 0.552. The quantitative estimate of drug-likeness (QED) is 0.939. The van der Waals surface area contributed by atoms with Gasteiger partial charge in [0.1, 0.15) is 5.75 Å². The molecule has 3 rings (SSSR count). The molecule has 0 radical (unpaired) electrons. The highest BCUT2D eigenvalue weighted by atomic mass is 35.5. The second kappa shape index (κ2) is 5.55. The summed E-state index contributed by atoms with van der Waals surface area (Å²) in [4.78, 5) is 12.0. The highest BCUT2D eigenvalue weighted by Crippen LogP contribution is 2.24. The minimum Gasteiger partial charge on any atom is -0.470 e. The minimum atomic E-state index is -0.311. The molecule has 20 heavy (non-hydrogen) atoms. The van der Waals surface area contributed by atoms with E-state index in [9.17, 15) is 4.79 Å². The van der Waals surface area contributed by atoms with Crippen molar-refractivity contribution < 1.29 is 9.53 Å². The summed E-state index contributed by atoms with van der Waals surface area (Å²) in [6, 6.07) is 15.0. The Labute approximate surface area is 122 Å². The third-order valence-corrected chi connectivity index (χ3v) is 3.70. The fourth-order valence-electron chi connectivity index (χ4n) is 2.28. The maximum atomic E-state index is 12.0. The van der Waals surface area contributed by atoms with Crippen molar-refractivity contribution >= 4 is 17.5 Å². The lowest BCUT2D eigenvalue weighted by atomic mass is 10.1. The molecule has 1 atom stereocenters. The summed E-state index contributed by atoms with van der Waals surface area (Å²) < 4.78 is 5.79. The van der Waals surface area contributed by atoms with Crippen LogP contribution in [0.25, 0.3) is 0 Å². The number of amides is 1. The lowest BCUT2D eigenvalue weighted by Gasteiger charge is -2.26. The average molecular weight is 288 g/mol. The molecule has 0 bridgehead atoms. The van der Waals surface area contributed by atoms with Crippen LogP contribution in [0.1, 0.15) is 22.3 Å². The molecule has 1 aliphatic heterocycles. The molecule has 1 aliphatic rings. The number of benzene rings is 2. The van der Waals surface area contributed by atoms with E-state index in [-0.39, 0.29) is 12.1 Å². The van der Waals surface area contributed by atoms with Crippen LogP contribution in [-0.4, -0.2) is 12.1 Å². The number of hydrogen-bond acceptors (Lipinski definition) is 2. The third-order valence-electron chi connectivity index (χ3n) is 3.33. The van der Waals surface area contributed by atoms with Crippen LogP contribution >= 0.6 is 11.6 Å². The first-order valence-corrected chi connectivity index (χ1v) is 6.92. The van der Waals surface area contributed by atoms with Crippen molar-refractivity contribution in [3.8, 4) is 5.75 Å². The minimum absolute atomic E-state index is 0.0870. The summed E-state index contributed by atoms with van der Waals surface area (Å²) in [5.41, 5.74) is 1.65. The fraction of sp³-hybridized carbons (Fsp3) is 0.188. The highest BCUT2D eigenvalue weighted by Gasteiger charge is 2.24. The van der Waals surface area contributed by atoms with Crippen LogP contribution in [-0.2, 0) is 6.42 Å².